The summed E-state index contributed by atoms with van der Waals surface area (Å²) in [6.07, 6.45) is -2.79. The maximum Gasteiger partial charge on any atom is 0.416 e. The summed E-state index contributed by atoms with van der Waals surface area (Å²) in [5.74, 6) is 0.833. The third-order valence-electron chi connectivity index (χ3n) is 5.85. The van der Waals surface area contributed by atoms with E-state index in [4.69, 9.17) is 14.7 Å². The largest absolute Gasteiger partial charge is 0.416 e. The lowest BCUT2D eigenvalue weighted by Crippen LogP contribution is -2.37. The predicted octanol–water partition coefficient (Wildman–Crippen LogP) is 4.43. The van der Waals surface area contributed by atoms with Crippen LogP contribution < -0.4 is 15.5 Å². The van der Waals surface area contributed by atoms with Crippen LogP contribution in [0.3, 0.4) is 0 Å². The van der Waals surface area contributed by atoms with Gasteiger partial charge in [0.25, 0.3) is 0 Å². The highest BCUT2D eigenvalue weighted by molar-refractivity contribution is 5.89. The standard InChI is InChI=1S/C25H24F3N7O2/c1-16(36)30-19-6-8-20(9-7-19)31-22-21-23(33-24(32-22)34-10-12-37-13-11-34)35(15-29-21)14-17-2-4-18(5-3-17)25(26,27)28/h2-9,15H,10-14H2,1H3,(H,30,36)(H,31,32,33). The zero-order valence-electron chi connectivity index (χ0n) is 19.9. The number of carbonyl (C=O) groups is 1. The molecular weight excluding hydrogens is 487 g/mol. The first-order chi connectivity index (χ1) is 17.8. The molecule has 1 fully saturated rings. The van der Waals surface area contributed by atoms with E-state index in [1.807, 2.05) is 17.0 Å². The summed E-state index contributed by atoms with van der Waals surface area (Å²) in [4.78, 5) is 27.3. The Morgan fingerprint density at radius 3 is 2.32 bits per heavy atom. The van der Waals surface area contributed by atoms with Gasteiger partial charge in [0.05, 0.1) is 31.6 Å². The van der Waals surface area contributed by atoms with Crippen molar-refractivity contribution >= 4 is 40.2 Å². The number of halogens is 3. The van der Waals surface area contributed by atoms with Crippen LogP contribution >= 0.6 is 0 Å². The minimum Gasteiger partial charge on any atom is -0.378 e. The van der Waals surface area contributed by atoms with Gasteiger partial charge in [-0.25, -0.2) is 4.98 Å². The van der Waals surface area contributed by atoms with Gasteiger partial charge >= 0.3 is 6.18 Å². The molecule has 192 valence electrons. The van der Waals surface area contributed by atoms with Crippen LogP contribution in [0, 0.1) is 0 Å². The molecule has 0 saturated carbocycles. The molecule has 1 aliphatic rings. The van der Waals surface area contributed by atoms with Crippen molar-refractivity contribution in [1.82, 2.24) is 19.5 Å². The van der Waals surface area contributed by atoms with E-state index in [9.17, 15) is 18.0 Å². The predicted molar refractivity (Wildman–Crippen MR) is 133 cm³/mol. The Morgan fingerprint density at radius 2 is 1.68 bits per heavy atom. The normalized spacial score (nSPS) is 14.1. The minimum atomic E-state index is -4.39. The monoisotopic (exact) mass is 511 g/mol. The number of carbonyl (C=O) groups excluding carboxylic acids is 1. The van der Waals surface area contributed by atoms with Crippen LogP contribution in [0.25, 0.3) is 11.2 Å². The lowest BCUT2D eigenvalue weighted by atomic mass is 10.1. The topological polar surface area (TPSA) is 97.2 Å². The Kier molecular flexibility index (Phi) is 6.66. The van der Waals surface area contributed by atoms with E-state index >= 15 is 0 Å². The van der Waals surface area contributed by atoms with Crippen molar-refractivity contribution in [1.29, 1.82) is 0 Å². The first-order valence-corrected chi connectivity index (χ1v) is 11.6. The third kappa shape index (κ3) is 5.64. The highest BCUT2D eigenvalue weighted by atomic mass is 19.4. The molecule has 5 rings (SSSR count). The second-order valence-electron chi connectivity index (χ2n) is 8.59. The van der Waals surface area contributed by atoms with E-state index in [0.717, 1.165) is 17.8 Å². The minimum absolute atomic E-state index is 0.160. The zero-order chi connectivity index (χ0) is 26.0. The molecule has 0 unspecified atom stereocenters. The average Bonchev–Trinajstić information content (AvgIpc) is 3.28. The molecule has 0 atom stereocenters. The fourth-order valence-corrected chi connectivity index (χ4v) is 4.01. The van der Waals surface area contributed by atoms with Gasteiger partial charge in [0.15, 0.2) is 17.0 Å². The summed E-state index contributed by atoms with van der Waals surface area (Å²) in [5.41, 5.74) is 2.46. The van der Waals surface area contributed by atoms with Crippen molar-refractivity contribution in [3.63, 3.8) is 0 Å². The van der Waals surface area contributed by atoms with Crippen LogP contribution in [0.5, 0.6) is 0 Å². The second kappa shape index (κ2) is 10.1. The van der Waals surface area contributed by atoms with E-state index < -0.39 is 11.7 Å². The lowest BCUT2D eigenvalue weighted by Gasteiger charge is -2.27. The Morgan fingerprint density at radius 1 is 1.00 bits per heavy atom. The molecule has 0 radical (unpaired) electrons. The quantitative estimate of drug-likeness (QED) is 0.395. The average molecular weight is 512 g/mol. The molecule has 1 aliphatic heterocycles. The zero-order valence-corrected chi connectivity index (χ0v) is 19.9. The summed E-state index contributed by atoms with van der Waals surface area (Å²) in [6.45, 7) is 4.10. The summed E-state index contributed by atoms with van der Waals surface area (Å²) < 4.78 is 46.1. The molecule has 1 amide bonds. The number of nitrogens with one attached hydrogen (secondary N) is 2. The number of anilines is 4. The van der Waals surface area contributed by atoms with Gasteiger partial charge in [-0.3, -0.25) is 4.79 Å². The van der Waals surface area contributed by atoms with Gasteiger partial charge in [-0.15, -0.1) is 0 Å². The number of morpholine rings is 1. The number of rotatable bonds is 6. The first-order valence-electron chi connectivity index (χ1n) is 11.6. The fourth-order valence-electron chi connectivity index (χ4n) is 4.01. The number of hydrogen-bond acceptors (Lipinski definition) is 7. The van der Waals surface area contributed by atoms with Gasteiger partial charge in [-0.1, -0.05) is 12.1 Å². The molecule has 4 aromatic rings. The molecule has 2 aromatic carbocycles. The SMILES string of the molecule is CC(=O)Nc1ccc(Nc2nc(N3CCOCC3)nc3c2ncn3Cc2ccc(C(F)(F)F)cc2)cc1. The molecule has 2 N–H and O–H groups in total. The number of aromatic nitrogens is 4. The number of hydrogen-bond donors (Lipinski definition) is 2. The van der Waals surface area contributed by atoms with Gasteiger partial charge in [-0.2, -0.15) is 23.1 Å². The third-order valence-corrected chi connectivity index (χ3v) is 5.85. The highest BCUT2D eigenvalue weighted by Crippen LogP contribution is 2.30. The summed E-state index contributed by atoms with van der Waals surface area (Å²) in [5, 5.41) is 6.01. The van der Waals surface area contributed by atoms with Gasteiger partial charge in [0, 0.05) is 31.4 Å². The molecular formula is C25H24F3N7O2. The summed E-state index contributed by atoms with van der Waals surface area (Å²) in [6, 6.07) is 12.2. The van der Waals surface area contributed by atoms with Crippen LogP contribution in [0.15, 0.2) is 54.9 Å². The smallest absolute Gasteiger partial charge is 0.378 e. The van der Waals surface area contributed by atoms with E-state index in [2.05, 4.69) is 15.6 Å². The van der Waals surface area contributed by atoms with Crippen molar-refractivity contribution in [2.24, 2.45) is 0 Å². The molecule has 2 aromatic heterocycles. The molecule has 0 spiro atoms. The molecule has 3 heterocycles. The lowest BCUT2D eigenvalue weighted by molar-refractivity contribution is -0.137. The van der Waals surface area contributed by atoms with Gasteiger partial charge in [0.1, 0.15) is 0 Å². The Balaban J connectivity index is 1.48. The van der Waals surface area contributed by atoms with Crippen molar-refractivity contribution in [2.75, 3.05) is 41.8 Å². The molecule has 9 nitrogen and oxygen atoms in total. The number of nitrogens with zero attached hydrogens (tertiary/aromatic N) is 5. The molecule has 1 saturated heterocycles. The second-order valence-corrected chi connectivity index (χ2v) is 8.59. The Hall–Kier alpha value is -4.19. The molecule has 0 bridgehead atoms. The van der Waals surface area contributed by atoms with E-state index in [0.29, 0.717) is 67.0 Å². The molecule has 0 aliphatic carbocycles. The highest BCUT2D eigenvalue weighted by Gasteiger charge is 2.30. The number of amides is 1. The van der Waals surface area contributed by atoms with Crippen molar-refractivity contribution in [3.8, 4) is 0 Å². The van der Waals surface area contributed by atoms with Crippen molar-refractivity contribution in [2.45, 2.75) is 19.6 Å². The number of imidazole rings is 1. The number of fused-ring (bicyclic) bond motifs is 1. The first kappa shape index (κ1) is 24.5. The van der Waals surface area contributed by atoms with Gasteiger partial charge < -0.3 is 24.8 Å². The van der Waals surface area contributed by atoms with Gasteiger partial charge in [-0.05, 0) is 42.0 Å². The maximum atomic E-state index is 13.0. The van der Waals surface area contributed by atoms with Crippen molar-refractivity contribution in [3.05, 3.63) is 66.0 Å². The number of ether oxygens (including phenoxy) is 1. The fraction of sp³-hybridized carbons (Fsp3) is 0.280. The van der Waals surface area contributed by atoms with E-state index in [-0.39, 0.29) is 5.91 Å². The van der Waals surface area contributed by atoms with Crippen LogP contribution in [-0.2, 0) is 22.3 Å². The van der Waals surface area contributed by atoms with Crippen LogP contribution in [0.4, 0.5) is 36.3 Å². The maximum absolute atomic E-state index is 13.0. The Labute approximate surface area is 210 Å². The molecule has 37 heavy (non-hydrogen) atoms. The van der Waals surface area contributed by atoms with Crippen LogP contribution in [-0.4, -0.2) is 51.7 Å². The summed E-state index contributed by atoms with van der Waals surface area (Å²) >= 11 is 0. The Bertz CT molecular complexity index is 1400. The molecule has 12 heteroatoms. The number of alkyl halides is 3. The van der Waals surface area contributed by atoms with Crippen LogP contribution in [0.2, 0.25) is 0 Å². The van der Waals surface area contributed by atoms with E-state index in [1.165, 1.54) is 19.1 Å². The van der Waals surface area contributed by atoms with Gasteiger partial charge in [0.2, 0.25) is 11.9 Å². The van der Waals surface area contributed by atoms with E-state index in [1.54, 1.807) is 23.0 Å². The van der Waals surface area contributed by atoms with Crippen LogP contribution in [0.1, 0.15) is 18.1 Å². The summed E-state index contributed by atoms with van der Waals surface area (Å²) in [7, 11) is 0. The number of benzene rings is 2. The van der Waals surface area contributed by atoms with Crippen molar-refractivity contribution < 1.29 is 22.7 Å².